The van der Waals surface area contributed by atoms with Gasteiger partial charge < -0.3 is 5.32 Å². The van der Waals surface area contributed by atoms with Gasteiger partial charge in [0, 0.05) is 0 Å². The zero-order valence-corrected chi connectivity index (χ0v) is 4.91. The minimum Gasteiger partial charge on any atom is -0.316 e. The van der Waals surface area contributed by atoms with Gasteiger partial charge in [0.25, 0.3) is 0 Å². The molecular formula is C6H13N. The van der Waals surface area contributed by atoms with Crippen LogP contribution in [0.2, 0.25) is 0 Å². The van der Waals surface area contributed by atoms with Gasteiger partial charge in [-0.15, -0.1) is 0 Å². The third kappa shape index (κ3) is 5.96. The Balaban J connectivity index is 2.45. The lowest BCUT2D eigenvalue weighted by Gasteiger charge is -1.94. The molecule has 0 saturated heterocycles. The Morgan fingerprint density at radius 2 is 2.29 bits per heavy atom. The molecule has 1 nitrogen and oxygen atoms in total. The van der Waals surface area contributed by atoms with E-state index in [1.807, 2.05) is 0 Å². The summed E-state index contributed by atoms with van der Waals surface area (Å²) < 4.78 is 0. The van der Waals surface area contributed by atoms with Crippen LogP contribution in [-0.4, -0.2) is 13.1 Å². The van der Waals surface area contributed by atoms with Gasteiger partial charge in [-0.3, -0.25) is 0 Å². The fourth-order valence-corrected chi connectivity index (χ4v) is 0.404. The van der Waals surface area contributed by atoms with Gasteiger partial charge in [0.2, 0.25) is 0 Å². The van der Waals surface area contributed by atoms with E-state index in [2.05, 4.69) is 12.2 Å². The van der Waals surface area contributed by atoms with Crippen molar-refractivity contribution >= 4 is 0 Å². The largest absolute Gasteiger partial charge is 0.316 e. The van der Waals surface area contributed by atoms with E-state index in [4.69, 9.17) is 6.92 Å². The molecule has 0 aliphatic carbocycles. The molecule has 0 aromatic carbocycles. The van der Waals surface area contributed by atoms with Crippen molar-refractivity contribution in [3.05, 3.63) is 6.92 Å². The zero-order valence-electron chi connectivity index (χ0n) is 4.91. The molecule has 0 aliphatic rings. The van der Waals surface area contributed by atoms with E-state index in [1.165, 1.54) is 12.8 Å². The molecule has 1 heteroatoms. The van der Waals surface area contributed by atoms with Crippen molar-refractivity contribution < 1.29 is 0 Å². The van der Waals surface area contributed by atoms with Gasteiger partial charge in [-0.1, -0.05) is 13.3 Å². The topological polar surface area (TPSA) is 12.0 Å². The first kappa shape index (κ1) is 6.96. The standard InChI is InChI=1S/C6H13N/c1-3-5-6-7-4-2/h2,7H,3-6H2,1H3. The zero-order chi connectivity index (χ0) is 5.54. The van der Waals surface area contributed by atoms with Crippen molar-refractivity contribution in [2.75, 3.05) is 13.1 Å². The fourth-order valence-electron chi connectivity index (χ4n) is 0.404. The average molecular weight is 99.2 g/mol. The van der Waals surface area contributed by atoms with Crippen molar-refractivity contribution in [3.63, 3.8) is 0 Å². The molecule has 0 unspecified atom stereocenters. The first-order valence-corrected chi connectivity index (χ1v) is 2.82. The summed E-state index contributed by atoms with van der Waals surface area (Å²) in [7, 11) is 0. The smallest absolute Gasteiger partial charge is 0.00140 e. The molecule has 7 heavy (non-hydrogen) atoms. The summed E-state index contributed by atoms with van der Waals surface area (Å²) in [6.45, 7) is 9.00. The van der Waals surface area contributed by atoms with Crippen LogP contribution in [0.25, 0.3) is 0 Å². The summed E-state index contributed by atoms with van der Waals surface area (Å²) in [6.07, 6.45) is 2.48. The summed E-state index contributed by atoms with van der Waals surface area (Å²) in [4.78, 5) is 0. The maximum atomic E-state index is 5.16. The van der Waals surface area contributed by atoms with Crippen molar-refractivity contribution in [2.24, 2.45) is 0 Å². The Bertz CT molecular complexity index is 23.4. The van der Waals surface area contributed by atoms with Crippen LogP contribution < -0.4 is 5.32 Å². The highest BCUT2D eigenvalue weighted by molar-refractivity contribution is 4.45. The first-order valence-electron chi connectivity index (χ1n) is 2.82. The second-order valence-electron chi connectivity index (χ2n) is 1.56. The predicted molar refractivity (Wildman–Crippen MR) is 32.1 cm³/mol. The fraction of sp³-hybridized carbons (Fsp3) is 0.833. The van der Waals surface area contributed by atoms with Crippen LogP contribution in [0.4, 0.5) is 0 Å². The van der Waals surface area contributed by atoms with Crippen LogP contribution >= 0.6 is 0 Å². The Morgan fingerprint density at radius 1 is 1.57 bits per heavy atom. The van der Waals surface area contributed by atoms with Crippen LogP contribution in [-0.2, 0) is 0 Å². The highest BCUT2D eigenvalue weighted by atomic mass is 14.8. The maximum Gasteiger partial charge on any atom is -0.00140 e. The summed E-state index contributed by atoms with van der Waals surface area (Å²) in [5, 5.41) is 3.03. The molecule has 0 aliphatic heterocycles. The maximum absolute atomic E-state index is 5.16. The number of rotatable bonds is 4. The number of hydrogen-bond donors (Lipinski definition) is 1. The summed E-state index contributed by atoms with van der Waals surface area (Å²) in [6, 6.07) is 0. The lowest BCUT2D eigenvalue weighted by Crippen LogP contribution is -2.13. The third-order valence-corrected chi connectivity index (χ3v) is 0.851. The lowest BCUT2D eigenvalue weighted by molar-refractivity contribution is 0.680. The molecule has 0 heterocycles. The van der Waals surface area contributed by atoms with Crippen molar-refractivity contribution in [3.8, 4) is 0 Å². The highest BCUT2D eigenvalue weighted by Crippen LogP contribution is 1.80. The number of hydrogen-bond acceptors (Lipinski definition) is 1. The van der Waals surface area contributed by atoms with Crippen LogP contribution in [0.3, 0.4) is 0 Å². The predicted octanol–water partition coefficient (Wildman–Crippen LogP) is 1.09. The minimum absolute atomic E-state index is 0.611. The molecule has 0 amide bonds. The molecule has 0 atom stereocenters. The molecule has 0 aromatic rings. The van der Waals surface area contributed by atoms with E-state index in [0.29, 0.717) is 6.54 Å². The van der Waals surface area contributed by atoms with Crippen LogP contribution in [0.5, 0.6) is 0 Å². The molecule has 0 rings (SSSR count). The van der Waals surface area contributed by atoms with E-state index in [9.17, 15) is 0 Å². The molecule has 0 fully saturated rings. The van der Waals surface area contributed by atoms with E-state index in [-0.39, 0.29) is 0 Å². The van der Waals surface area contributed by atoms with Gasteiger partial charge in [-0.05, 0) is 26.4 Å². The van der Waals surface area contributed by atoms with Gasteiger partial charge in [-0.2, -0.15) is 0 Å². The SMILES string of the molecule is [CH]CNCCCC. The quantitative estimate of drug-likeness (QED) is 0.520. The average Bonchev–Trinajstić information content (AvgIpc) is 1.69. The number of nitrogens with one attached hydrogen (secondary N) is 1. The van der Waals surface area contributed by atoms with Crippen molar-refractivity contribution in [1.29, 1.82) is 0 Å². The van der Waals surface area contributed by atoms with Crippen LogP contribution in [0.15, 0.2) is 0 Å². The Kier molecular flexibility index (Phi) is 5.93. The molecule has 0 bridgehead atoms. The Labute approximate surface area is 46.1 Å². The Hall–Kier alpha value is -0.0400. The van der Waals surface area contributed by atoms with Crippen LogP contribution in [0.1, 0.15) is 19.8 Å². The van der Waals surface area contributed by atoms with E-state index < -0.39 is 0 Å². The highest BCUT2D eigenvalue weighted by Gasteiger charge is 1.77. The monoisotopic (exact) mass is 99.1 g/mol. The molecule has 2 radical (unpaired) electrons. The van der Waals surface area contributed by atoms with Gasteiger partial charge >= 0.3 is 0 Å². The summed E-state index contributed by atoms with van der Waals surface area (Å²) >= 11 is 0. The second-order valence-corrected chi connectivity index (χ2v) is 1.56. The van der Waals surface area contributed by atoms with E-state index >= 15 is 0 Å². The van der Waals surface area contributed by atoms with Gasteiger partial charge in [0.1, 0.15) is 0 Å². The Morgan fingerprint density at radius 3 is 2.71 bits per heavy atom. The van der Waals surface area contributed by atoms with Gasteiger partial charge in [0.05, 0.1) is 0 Å². The van der Waals surface area contributed by atoms with Crippen molar-refractivity contribution in [2.45, 2.75) is 19.8 Å². The van der Waals surface area contributed by atoms with E-state index in [1.54, 1.807) is 0 Å². The normalized spacial score (nSPS) is 9.43. The lowest BCUT2D eigenvalue weighted by atomic mass is 10.3. The van der Waals surface area contributed by atoms with Crippen molar-refractivity contribution in [1.82, 2.24) is 5.32 Å². The summed E-state index contributed by atoms with van der Waals surface area (Å²) in [5.41, 5.74) is 0. The molecule has 0 spiro atoms. The molecule has 1 N–H and O–H groups in total. The van der Waals surface area contributed by atoms with Gasteiger partial charge in [-0.25, -0.2) is 0 Å². The molecular weight excluding hydrogens is 86.1 g/mol. The summed E-state index contributed by atoms with van der Waals surface area (Å²) in [5.74, 6) is 0. The first-order chi connectivity index (χ1) is 3.41. The number of unbranched alkanes of at least 4 members (excludes halogenated alkanes) is 1. The van der Waals surface area contributed by atoms with Crippen LogP contribution in [0, 0.1) is 6.92 Å². The molecule has 0 saturated carbocycles. The third-order valence-electron chi connectivity index (χ3n) is 0.851. The minimum atomic E-state index is 0.611. The second kappa shape index (κ2) is 5.96. The van der Waals surface area contributed by atoms with Gasteiger partial charge in [0.15, 0.2) is 0 Å². The molecule has 0 aromatic heterocycles. The van der Waals surface area contributed by atoms with E-state index in [0.717, 1.165) is 6.54 Å². The molecule has 42 valence electrons.